The number of ketones is 1. The summed E-state index contributed by atoms with van der Waals surface area (Å²) < 4.78 is 28.4. The van der Waals surface area contributed by atoms with Gasteiger partial charge in [-0.1, -0.05) is 12.1 Å². The van der Waals surface area contributed by atoms with Crippen LogP contribution < -0.4 is 4.74 Å². The van der Waals surface area contributed by atoms with Crippen LogP contribution in [0.15, 0.2) is 41.3 Å². The molecule has 0 aliphatic carbocycles. The lowest BCUT2D eigenvalue weighted by Gasteiger charge is -2.04. The highest BCUT2D eigenvalue weighted by atomic mass is 32.1. The zero-order valence-electron chi connectivity index (χ0n) is 11.5. The smallest absolute Gasteiger partial charge is 0.387 e. The van der Waals surface area contributed by atoms with Gasteiger partial charge in [-0.2, -0.15) is 14.0 Å². The van der Waals surface area contributed by atoms with Crippen molar-refractivity contribution >= 4 is 23.2 Å². The average molecular weight is 319 g/mol. The summed E-state index contributed by atoms with van der Waals surface area (Å²) in [7, 11) is 0. The van der Waals surface area contributed by atoms with Crippen LogP contribution in [-0.4, -0.2) is 12.4 Å². The Morgan fingerprint density at radius 1 is 1.32 bits per heavy atom. The molecule has 0 spiro atoms. The molecule has 0 amide bonds. The van der Waals surface area contributed by atoms with Gasteiger partial charge >= 0.3 is 6.61 Å². The van der Waals surface area contributed by atoms with Crippen molar-refractivity contribution in [3.8, 4) is 11.8 Å². The van der Waals surface area contributed by atoms with Crippen LogP contribution in [0.1, 0.15) is 20.8 Å². The molecule has 6 heteroatoms. The zero-order chi connectivity index (χ0) is 16.1. The number of aryl methyl sites for hydroxylation is 1. The normalized spacial score (nSPS) is 11.3. The number of benzene rings is 1. The Balaban J connectivity index is 2.24. The van der Waals surface area contributed by atoms with Crippen LogP contribution in [-0.2, 0) is 0 Å². The van der Waals surface area contributed by atoms with Gasteiger partial charge in [-0.3, -0.25) is 4.79 Å². The van der Waals surface area contributed by atoms with Crippen molar-refractivity contribution in [1.82, 2.24) is 0 Å². The Kier molecular flexibility index (Phi) is 5.02. The van der Waals surface area contributed by atoms with E-state index in [-0.39, 0.29) is 17.1 Å². The number of hydrogen-bond acceptors (Lipinski definition) is 4. The molecular weight excluding hydrogens is 308 g/mol. The van der Waals surface area contributed by atoms with E-state index in [1.54, 1.807) is 12.3 Å². The molecule has 0 N–H and O–H groups in total. The zero-order valence-corrected chi connectivity index (χ0v) is 12.4. The first-order valence-corrected chi connectivity index (χ1v) is 7.14. The number of hydrogen-bond donors (Lipinski definition) is 0. The maximum absolute atomic E-state index is 12.3. The minimum Gasteiger partial charge on any atom is -0.435 e. The summed E-state index contributed by atoms with van der Waals surface area (Å²) in [6.45, 7) is -1.09. The van der Waals surface area contributed by atoms with Crippen LogP contribution in [0.25, 0.3) is 6.08 Å². The van der Waals surface area contributed by atoms with Crippen molar-refractivity contribution in [2.45, 2.75) is 13.5 Å². The number of nitriles is 1. The van der Waals surface area contributed by atoms with Crippen LogP contribution >= 0.6 is 11.3 Å². The Bertz CT molecular complexity index is 742. The number of nitrogens with zero attached hydrogens (tertiary/aromatic N) is 1. The lowest BCUT2D eigenvalue weighted by molar-refractivity contribution is -0.0498. The lowest BCUT2D eigenvalue weighted by atomic mass is 10.1. The Morgan fingerprint density at radius 3 is 2.50 bits per heavy atom. The Labute approximate surface area is 130 Å². The number of allylic oxidation sites excluding steroid dienone is 1. The molecule has 0 aliphatic rings. The fourth-order valence-corrected chi connectivity index (χ4v) is 2.67. The van der Waals surface area contributed by atoms with Gasteiger partial charge in [0.2, 0.25) is 5.78 Å². The molecule has 0 radical (unpaired) electrons. The van der Waals surface area contributed by atoms with Gasteiger partial charge in [-0.15, -0.1) is 11.3 Å². The fourth-order valence-electron chi connectivity index (χ4n) is 1.79. The number of thiophene rings is 1. The average Bonchev–Trinajstić information content (AvgIpc) is 2.91. The maximum atomic E-state index is 12.3. The third-order valence-electron chi connectivity index (χ3n) is 2.85. The van der Waals surface area contributed by atoms with Crippen molar-refractivity contribution < 1.29 is 18.3 Å². The molecule has 2 aromatic rings. The molecule has 2 rings (SSSR count). The van der Waals surface area contributed by atoms with Gasteiger partial charge in [0.15, 0.2) is 0 Å². The van der Waals surface area contributed by atoms with E-state index in [0.29, 0.717) is 10.4 Å². The molecule has 0 bridgehead atoms. The van der Waals surface area contributed by atoms with Crippen LogP contribution in [0.3, 0.4) is 0 Å². The second-order valence-electron chi connectivity index (χ2n) is 4.38. The molecule has 1 heterocycles. The summed E-state index contributed by atoms with van der Waals surface area (Å²) >= 11 is 1.28. The third-order valence-corrected chi connectivity index (χ3v) is 3.86. The highest BCUT2D eigenvalue weighted by Crippen LogP contribution is 2.22. The highest BCUT2D eigenvalue weighted by Gasteiger charge is 2.15. The highest BCUT2D eigenvalue weighted by molar-refractivity contribution is 7.12. The van der Waals surface area contributed by atoms with Gasteiger partial charge in [-0.05, 0) is 47.7 Å². The molecular formula is C16H11F2NO2S. The van der Waals surface area contributed by atoms with Crippen molar-refractivity contribution in [3.05, 3.63) is 57.3 Å². The van der Waals surface area contributed by atoms with Gasteiger partial charge in [0, 0.05) is 0 Å². The summed E-state index contributed by atoms with van der Waals surface area (Å²) in [6.07, 6.45) is 1.42. The van der Waals surface area contributed by atoms with Crippen LogP contribution in [0, 0.1) is 18.3 Å². The van der Waals surface area contributed by atoms with Crippen LogP contribution in [0.4, 0.5) is 8.78 Å². The van der Waals surface area contributed by atoms with E-state index >= 15 is 0 Å². The molecule has 0 saturated carbocycles. The number of halogens is 2. The number of carbonyl (C=O) groups excluding carboxylic acids is 1. The first kappa shape index (κ1) is 15.9. The van der Waals surface area contributed by atoms with Gasteiger partial charge in [0.1, 0.15) is 17.4 Å². The molecule has 0 fully saturated rings. The molecule has 0 atom stereocenters. The van der Waals surface area contributed by atoms with E-state index in [2.05, 4.69) is 4.74 Å². The maximum Gasteiger partial charge on any atom is 0.387 e. The largest absolute Gasteiger partial charge is 0.435 e. The Hall–Kier alpha value is -2.52. The van der Waals surface area contributed by atoms with Crippen LogP contribution in [0.5, 0.6) is 5.75 Å². The SMILES string of the molecule is Cc1ccsc1C(=O)C(C#N)=Cc1ccc(OC(F)F)cc1. The fraction of sp³-hybridized carbons (Fsp3) is 0.125. The van der Waals surface area contributed by atoms with E-state index in [1.807, 2.05) is 12.1 Å². The van der Waals surface area contributed by atoms with Gasteiger partial charge in [0.05, 0.1) is 4.88 Å². The third kappa shape index (κ3) is 3.77. The summed E-state index contributed by atoms with van der Waals surface area (Å²) in [5.74, 6) is -0.325. The molecule has 0 unspecified atom stereocenters. The van der Waals surface area contributed by atoms with Gasteiger partial charge in [0.25, 0.3) is 0 Å². The number of Topliss-reactive ketones (excluding diaryl/α,β-unsaturated/α-hetero) is 1. The predicted molar refractivity (Wildman–Crippen MR) is 80.1 cm³/mol. The van der Waals surface area contributed by atoms with Crippen LogP contribution in [0.2, 0.25) is 0 Å². The van der Waals surface area contributed by atoms with E-state index in [0.717, 1.165) is 5.56 Å². The van der Waals surface area contributed by atoms with E-state index in [4.69, 9.17) is 5.26 Å². The van der Waals surface area contributed by atoms with Gasteiger partial charge in [-0.25, -0.2) is 0 Å². The van der Waals surface area contributed by atoms with E-state index in [9.17, 15) is 13.6 Å². The number of ether oxygens (including phenoxy) is 1. The summed E-state index contributed by atoms with van der Waals surface area (Å²) in [5, 5.41) is 10.9. The molecule has 1 aromatic heterocycles. The predicted octanol–water partition coefficient (Wildman–Crippen LogP) is 4.45. The quantitative estimate of drug-likeness (QED) is 0.465. The molecule has 22 heavy (non-hydrogen) atoms. The van der Waals surface area contributed by atoms with Crippen molar-refractivity contribution in [2.24, 2.45) is 0 Å². The summed E-state index contributed by atoms with van der Waals surface area (Å²) in [5.41, 5.74) is 1.37. The molecule has 3 nitrogen and oxygen atoms in total. The topological polar surface area (TPSA) is 50.1 Å². The molecule has 0 aliphatic heterocycles. The van der Waals surface area contributed by atoms with E-state index in [1.165, 1.54) is 41.7 Å². The standard InChI is InChI=1S/C16H11F2NO2S/c1-10-6-7-22-15(10)14(20)12(9-19)8-11-2-4-13(5-3-11)21-16(17)18/h2-8,16H,1H3. The first-order chi connectivity index (χ1) is 10.5. The first-order valence-electron chi connectivity index (χ1n) is 6.26. The second kappa shape index (κ2) is 6.96. The minimum absolute atomic E-state index is 0.00641. The van der Waals surface area contributed by atoms with Crippen molar-refractivity contribution in [3.63, 3.8) is 0 Å². The minimum atomic E-state index is -2.89. The molecule has 112 valence electrons. The number of rotatable bonds is 5. The van der Waals surface area contributed by atoms with Crippen molar-refractivity contribution in [1.29, 1.82) is 5.26 Å². The summed E-state index contributed by atoms with van der Waals surface area (Å²) in [6, 6.07) is 9.41. The van der Waals surface area contributed by atoms with E-state index < -0.39 is 6.61 Å². The van der Waals surface area contributed by atoms with Gasteiger partial charge < -0.3 is 4.74 Å². The number of alkyl halides is 2. The lowest BCUT2D eigenvalue weighted by Crippen LogP contribution is -2.02. The summed E-state index contributed by atoms with van der Waals surface area (Å²) in [4.78, 5) is 12.8. The number of carbonyl (C=O) groups is 1. The molecule has 0 saturated heterocycles. The Morgan fingerprint density at radius 2 is 2.00 bits per heavy atom. The molecule has 1 aromatic carbocycles. The second-order valence-corrected chi connectivity index (χ2v) is 5.30. The monoisotopic (exact) mass is 319 g/mol. The van der Waals surface area contributed by atoms with Crippen molar-refractivity contribution in [2.75, 3.05) is 0 Å².